The Morgan fingerprint density at radius 3 is 2.60 bits per heavy atom. The molecule has 0 saturated heterocycles. The van der Waals surface area contributed by atoms with E-state index in [0.29, 0.717) is 10.0 Å². The fourth-order valence-electron chi connectivity index (χ4n) is 2.44. The number of halogens is 2. The normalized spacial score (nSPS) is 12.8. The van der Waals surface area contributed by atoms with Crippen LogP contribution < -0.4 is 5.32 Å². The van der Waals surface area contributed by atoms with Crippen molar-refractivity contribution >= 4 is 44.6 Å². The Morgan fingerprint density at radius 2 is 1.85 bits per heavy atom. The minimum Gasteiger partial charge on any atom is -0.309 e. The first-order chi connectivity index (χ1) is 9.70. The van der Waals surface area contributed by atoms with Gasteiger partial charge in [0.1, 0.15) is 0 Å². The van der Waals surface area contributed by atoms with Gasteiger partial charge in [0.05, 0.1) is 6.04 Å². The van der Waals surface area contributed by atoms with Gasteiger partial charge in [-0.2, -0.15) is 0 Å². The zero-order valence-corrected chi connectivity index (χ0v) is 13.2. The quantitative estimate of drug-likeness (QED) is 0.670. The molecule has 0 aliphatic carbocycles. The molecule has 1 aromatic heterocycles. The number of nitrogens with one attached hydrogen (secondary N) is 1. The average Bonchev–Trinajstić information content (AvgIpc) is 2.86. The number of hydrogen-bond donors (Lipinski definition) is 1. The minimum absolute atomic E-state index is 0.0657. The summed E-state index contributed by atoms with van der Waals surface area (Å²) in [5, 5.41) is 8.15. The molecule has 1 unspecified atom stereocenters. The third-order valence-corrected chi connectivity index (χ3v) is 4.93. The Hall–Kier alpha value is -1.06. The van der Waals surface area contributed by atoms with Gasteiger partial charge in [0.2, 0.25) is 0 Å². The number of thiophene rings is 1. The fraction of sp³-hybridized carbons (Fsp3) is 0.125. The van der Waals surface area contributed by atoms with Gasteiger partial charge in [-0.15, -0.1) is 11.3 Å². The van der Waals surface area contributed by atoms with Crippen LogP contribution in [-0.4, -0.2) is 7.05 Å². The lowest BCUT2D eigenvalue weighted by Gasteiger charge is -2.18. The summed E-state index contributed by atoms with van der Waals surface area (Å²) in [7, 11) is 1.95. The topological polar surface area (TPSA) is 12.0 Å². The van der Waals surface area contributed by atoms with Crippen molar-refractivity contribution < 1.29 is 0 Å². The smallest absolute Gasteiger partial charge is 0.0603 e. The summed E-state index contributed by atoms with van der Waals surface area (Å²) in [6.45, 7) is 0. The van der Waals surface area contributed by atoms with Gasteiger partial charge in [-0.05, 0) is 47.1 Å². The maximum absolute atomic E-state index is 6.35. The SMILES string of the molecule is CNC(c1ccc(Cl)cc1Cl)c1csc2ccccc12. The Labute approximate surface area is 132 Å². The Morgan fingerprint density at radius 1 is 1.05 bits per heavy atom. The molecule has 0 bridgehead atoms. The summed E-state index contributed by atoms with van der Waals surface area (Å²) < 4.78 is 1.29. The van der Waals surface area contributed by atoms with Crippen LogP contribution in [0.15, 0.2) is 47.8 Å². The van der Waals surface area contributed by atoms with Gasteiger partial charge >= 0.3 is 0 Å². The molecule has 0 radical (unpaired) electrons. The van der Waals surface area contributed by atoms with E-state index in [4.69, 9.17) is 23.2 Å². The molecule has 0 saturated carbocycles. The van der Waals surface area contributed by atoms with Crippen molar-refractivity contribution in [2.24, 2.45) is 0 Å². The highest BCUT2D eigenvalue weighted by Gasteiger charge is 2.18. The van der Waals surface area contributed by atoms with Gasteiger partial charge in [-0.1, -0.05) is 47.5 Å². The zero-order chi connectivity index (χ0) is 14.1. The third-order valence-electron chi connectivity index (χ3n) is 3.38. The van der Waals surface area contributed by atoms with Crippen LogP contribution in [-0.2, 0) is 0 Å². The Kier molecular flexibility index (Phi) is 3.99. The molecule has 0 aliphatic rings. The molecule has 0 fully saturated rings. The van der Waals surface area contributed by atoms with Crippen LogP contribution in [0.3, 0.4) is 0 Å². The summed E-state index contributed by atoms with van der Waals surface area (Å²) in [5.41, 5.74) is 2.29. The van der Waals surface area contributed by atoms with Crippen LogP contribution in [0, 0.1) is 0 Å². The Bertz CT molecular complexity index is 751. The van der Waals surface area contributed by atoms with E-state index in [-0.39, 0.29) is 6.04 Å². The molecule has 102 valence electrons. The van der Waals surface area contributed by atoms with E-state index in [9.17, 15) is 0 Å². The third kappa shape index (κ3) is 2.45. The lowest BCUT2D eigenvalue weighted by molar-refractivity contribution is 0.699. The molecule has 0 spiro atoms. The van der Waals surface area contributed by atoms with E-state index < -0.39 is 0 Å². The largest absolute Gasteiger partial charge is 0.309 e. The lowest BCUT2D eigenvalue weighted by Crippen LogP contribution is -2.17. The first kappa shape index (κ1) is 13.9. The summed E-state index contributed by atoms with van der Waals surface area (Å²) in [6, 6.07) is 14.1. The number of hydrogen-bond acceptors (Lipinski definition) is 2. The highest BCUT2D eigenvalue weighted by Crippen LogP contribution is 2.36. The van der Waals surface area contributed by atoms with Crippen molar-refractivity contribution in [3.63, 3.8) is 0 Å². The highest BCUT2D eigenvalue weighted by atomic mass is 35.5. The first-order valence-corrected chi connectivity index (χ1v) is 7.92. The van der Waals surface area contributed by atoms with Crippen LogP contribution >= 0.6 is 34.5 Å². The van der Waals surface area contributed by atoms with Gasteiger partial charge in [0.15, 0.2) is 0 Å². The van der Waals surface area contributed by atoms with E-state index in [2.05, 4.69) is 35.0 Å². The van der Waals surface area contributed by atoms with Crippen LogP contribution in [0.2, 0.25) is 10.0 Å². The van der Waals surface area contributed by atoms with Crippen molar-refractivity contribution in [2.45, 2.75) is 6.04 Å². The second-order valence-corrected chi connectivity index (χ2v) is 6.33. The standard InChI is InChI=1S/C16H13Cl2NS/c1-19-16(12-7-6-10(17)8-14(12)18)13-9-20-15-5-3-2-4-11(13)15/h2-9,16,19H,1H3. The van der Waals surface area contributed by atoms with Crippen molar-refractivity contribution in [1.29, 1.82) is 0 Å². The first-order valence-electron chi connectivity index (χ1n) is 6.29. The Balaban J connectivity index is 2.14. The average molecular weight is 322 g/mol. The number of rotatable bonds is 3. The van der Waals surface area contributed by atoms with Crippen molar-refractivity contribution in [3.8, 4) is 0 Å². The number of benzene rings is 2. The molecule has 1 heterocycles. The van der Waals surface area contributed by atoms with Crippen molar-refractivity contribution in [3.05, 3.63) is 69.0 Å². The van der Waals surface area contributed by atoms with E-state index in [1.807, 2.05) is 19.2 Å². The van der Waals surface area contributed by atoms with Crippen molar-refractivity contribution in [1.82, 2.24) is 5.32 Å². The molecule has 0 amide bonds. The molecule has 2 aromatic carbocycles. The molecular weight excluding hydrogens is 309 g/mol. The molecule has 1 N–H and O–H groups in total. The molecule has 3 aromatic rings. The molecule has 4 heteroatoms. The van der Waals surface area contributed by atoms with Gasteiger partial charge in [-0.3, -0.25) is 0 Å². The van der Waals surface area contributed by atoms with E-state index in [0.717, 1.165) is 5.56 Å². The van der Waals surface area contributed by atoms with Crippen LogP contribution in [0.5, 0.6) is 0 Å². The van der Waals surface area contributed by atoms with Crippen molar-refractivity contribution in [2.75, 3.05) is 7.05 Å². The van der Waals surface area contributed by atoms with Crippen LogP contribution in [0.1, 0.15) is 17.2 Å². The summed E-state index contributed by atoms with van der Waals surface area (Å²) in [5.74, 6) is 0. The van der Waals surface area contributed by atoms with Gasteiger partial charge in [0, 0.05) is 14.7 Å². The second kappa shape index (κ2) is 5.74. The van der Waals surface area contributed by atoms with E-state index >= 15 is 0 Å². The monoisotopic (exact) mass is 321 g/mol. The molecule has 20 heavy (non-hydrogen) atoms. The van der Waals surface area contributed by atoms with Crippen LogP contribution in [0.25, 0.3) is 10.1 Å². The number of fused-ring (bicyclic) bond motifs is 1. The molecular formula is C16H13Cl2NS. The summed E-state index contributed by atoms with van der Waals surface area (Å²) >= 11 is 14.1. The molecule has 0 aliphatic heterocycles. The van der Waals surface area contributed by atoms with Crippen LogP contribution in [0.4, 0.5) is 0 Å². The summed E-state index contributed by atoms with van der Waals surface area (Å²) in [6.07, 6.45) is 0. The van der Waals surface area contributed by atoms with Gasteiger partial charge in [-0.25, -0.2) is 0 Å². The van der Waals surface area contributed by atoms with Gasteiger partial charge < -0.3 is 5.32 Å². The fourth-order valence-corrected chi connectivity index (χ4v) is 3.94. The van der Waals surface area contributed by atoms with Gasteiger partial charge in [0.25, 0.3) is 0 Å². The highest BCUT2D eigenvalue weighted by molar-refractivity contribution is 7.17. The minimum atomic E-state index is 0.0657. The zero-order valence-electron chi connectivity index (χ0n) is 10.9. The maximum Gasteiger partial charge on any atom is 0.0603 e. The molecule has 1 nitrogen and oxygen atoms in total. The van der Waals surface area contributed by atoms with E-state index in [1.165, 1.54) is 15.6 Å². The second-order valence-electron chi connectivity index (χ2n) is 4.57. The predicted molar refractivity (Wildman–Crippen MR) is 89.2 cm³/mol. The van der Waals surface area contributed by atoms with E-state index in [1.54, 1.807) is 17.4 Å². The molecule has 1 atom stereocenters. The molecule has 3 rings (SSSR count). The lowest BCUT2D eigenvalue weighted by atomic mass is 9.98. The predicted octanol–water partition coefficient (Wildman–Crippen LogP) is 5.52. The maximum atomic E-state index is 6.35. The summed E-state index contributed by atoms with van der Waals surface area (Å²) in [4.78, 5) is 0.